The molecule has 0 radical (unpaired) electrons. The molecular formula is C23H30ClN3O4S. The van der Waals surface area contributed by atoms with Crippen LogP contribution in [0.1, 0.15) is 46.9 Å². The van der Waals surface area contributed by atoms with Gasteiger partial charge in [-0.05, 0) is 64.2 Å². The lowest BCUT2D eigenvalue weighted by Gasteiger charge is -2.35. The molecule has 2 aromatic rings. The average molecular weight is 480 g/mol. The van der Waals surface area contributed by atoms with Gasteiger partial charge in [-0.2, -0.15) is 0 Å². The van der Waals surface area contributed by atoms with Crippen LogP contribution in [-0.2, 0) is 6.54 Å². The first-order chi connectivity index (χ1) is 14.8. The minimum atomic E-state index is -0.716. The van der Waals surface area contributed by atoms with E-state index >= 15 is 0 Å². The second kappa shape index (κ2) is 9.77. The number of carbonyl (C=O) groups is 1. The number of aromatic amines is 1. The van der Waals surface area contributed by atoms with Gasteiger partial charge in [0.05, 0.1) is 0 Å². The number of aromatic nitrogens is 1. The molecule has 1 saturated heterocycles. The Hall–Kier alpha value is -2.16. The maximum absolute atomic E-state index is 12.9. The Morgan fingerprint density at radius 2 is 1.97 bits per heavy atom. The van der Waals surface area contributed by atoms with Crippen LogP contribution >= 0.6 is 24.2 Å². The van der Waals surface area contributed by atoms with Crippen LogP contribution < -0.4 is 25.7 Å². The standard InChI is InChI=1S/C23H29N3O4S.ClH/c1-13-11-19(31-4)17(22(28)26-13)12-25-21(27)16-5-6-18-20(14(16)2)30-23(3,29-18)15-7-9-24-10-8-15;/h5-6,11,15,24H,7-10,12H2,1-4H3,(H,25,27)(H,26,28);1H. The van der Waals surface area contributed by atoms with E-state index in [4.69, 9.17) is 9.47 Å². The Kier molecular flexibility index (Phi) is 7.47. The number of carbonyl (C=O) groups excluding carboxylic acids is 1. The van der Waals surface area contributed by atoms with Crippen molar-refractivity contribution in [3.05, 3.63) is 50.9 Å². The second-order valence-corrected chi connectivity index (χ2v) is 9.17. The summed E-state index contributed by atoms with van der Waals surface area (Å²) in [4.78, 5) is 29.0. The summed E-state index contributed by atoms with van der Waals surface area (Å²) in [6.45, 7) is 7.76. The van der Waals surface area contributed by atoms with Crippen molar-refractivity contribution >= 4 is 30.1 Å². The van der Waals surface area contributed by atoms with Gasteiger partial charge in [-0.15, -0.1) is 24.2 Å². The number of halogens is 1. The number of aryl methyl sites for hydroxylation is 1. The minimum Gasteiger partial charge on any atom is -0.448 e. The molecule has 1 amide bonds. The van der Waals surface area contributed by atoms with Crippen molar-refractivity contribution in [3.8, 4) is 11.5 Å². The molecule has 0 aliphatic carbocycles. The summed E-state index contributed by atoms with van der Waals surface area (Å²) >= 11 is 1.49. The number of H-pyrrole nitrogens is 1. The molecular weight excluding hydrogens is 450 g/mol. The van der Waals surface area contributed by atoms with E-state index in [0.29, 0.717) is 22.6 Å². The largest absolute Gasteiger partial charge is 0.448 e. The lowest BCUT2D eigenvalue weighted by atomic mass is 9.90. The molecule has 7 nitrogen and oxygen atoms in total. The molecule has 3 N–H and O–H groups in total. The van der Waals surface area contributed by atoms with E-state index < -0.39 is 5.79 Å². The first kappa shape index (κ1) is 24.5. The minimum absolute atomic E-state index is 0. The SMILES string of the molecule is CSc1cc(C)[nH]c(=O)c1CNC(=O)c1ccc2c(c1C)OC(C)(C1CCNCC1)O2.Cl. The zero-order valence-electron chi connectivity index (χ0n) is 18.8. The van der Waals surface area contributed by atoms with E-state index in [1.807, 2.05) is 33.1 Å². The topological polar surface area (TPSA) is 92.5 Å². The van der Waals surface area contributed by atoms with Gasteiger partial charge in [-0.3, -0.25) is 9.59 Å². The molecule has 2 aliphatic heterocycles. The van der Waals surface area contributed by atoms with Crippen LogP contribution in [0.25, 0.3) is 0 Å². The molecule has 2 aliphatic rings. The maximum atomic E-state index is 12.9. The van der Waals surface area contributed by atoms with Crippen LogP contribution in [0.4, 0.5) is 0 Å². The number of hydrogen-bond acceptors (Lipinski definition) is 6. The number of piperidine rings is 1. The van der Waals surface area contributed by atoms with E-state index in [9.17, 15) is 9.59 Å². The highest BCUT2D eigenvalue weighted by atomic mass is 35.5. The molecule has 1 fully saturated rings. The molecule has 174 valence electrons. The van der Waals surface area contributed by atoms with Gasteiger partial charge < -0.3 is 25.1 Å². The van der Waals surface area contributed by atoms with Crippen molar-refractivity contribution in [1.29, 1.82) is 0 Å². The zero-order valence-corrected chi connectivity index (χ0v) is 20.4. The molecule has 32 heavy (non-hydrogen) atoms. The van der Waals surface area contributed by atoms with Gasteiger partial charge in [0.15, 0.2) is 11.5 Å². The number of ether oxygens (including phenoxy) is 2. The number of amides is 1. The Bertz CT molecular complexity index is 1070. The molecule has 0 saturated carbocycles. The van der Waals surface area contributed by atoms with Gasteiger partial charge in [0, 0.05) is 46.7 Å². The monoisotopic (exact) mass is 479 g/mol. The van der Waals surface area contributed by atoms with Crippen LogP contribution in [-0.4, -0.2) is 36.0 Å². The van der Waals surface area contributed by atoms with Crippen molar-refractivity contribution in [2.24, 2.45) is 5.92 Å². The fourth-order valence-electron chi connectivity index (χ4n) is 4.37. The van der Waals surface area contributed by atoms with Crippen LogP contribution in [0.3, 0.4) is 0 Å². The predicted octanol–water partition coefficient (Wildman–Crippen LogP) is 3.55. The van der Waals surface area contributed by atoms with E-state index in [1.165, 1.54) is 11.8 Å². The lowest BCUT2D eigenvalue weighted by Crippen LogP contribution is -2.47. The summed E-state index contributed by atoms with van der Waals surface area (Å²) < 4.78 is 12.5. The summed E-state index contributed by atoms with van der Waals surface area (Å²) in [6, 6.07) is 5.48. The fourth-order valence-corrected chi connectivity index (χ4v) is 5.08. The van der Waals surface area contributed by atoms with E-state index in [-0.39, 0.29) is 36.3 Å². The normalized spacial score (nSPS) is 20.0. The Labute approximate surface area is 198 Å². The van der Waals surface area contributed by atoms with Gasteiger partial charge >= 0.3 is 0 Å². The first-order valence-corrected chi connectivity index (χ1v) is 11.8. The van der Waals surface area contributed by atoms with Gasteiger partial charge in [0.1, 0.15) is 0 Å². The van der Waals surface area contributed by atoms with Crippen LogP contribution in [0, 0.1) is 19.8 Å². The number of pyridine rings is 1. The van der Waals surface area contributed by atoms with Crippen molar-refractivity contribution in [2.45, 2.75) is 50.8 Å². The number of fused-ring (bicyclic) bond motifs is 1. The molecule has 3 heterocycles. The fraction of sp³-hybridized carbons (Fsp3) is 0.478. The summed E-state index contributed by atoms with van der Waals surface area (Å²) in [7, 11) is 0. The smallest absolute Gasteiger partial charge is 0.254 e. The zero-order chi connectivity index (χ0) is 22.2. The highest BCUT2D eigenvalue weighted by molar-refractivity contribution is 7.98. The van der Waals surface area contributed by atoms with Crippen LogP contribution in [0.2, 0.25) is 0 Å². The molecule has 1 atom stereocenters. The molecule has 1 aromatic carbocycles. The summed E-state index contributed by atoms with van der Waals surface area (Å²) in [5, 5.41) is 6.25. The van der Waals surface area contributed by atoms with Gasteiger partial charge in [-0.1, -0.05) is 0 Å². The van der Waals surface area contributed by atoms with E-state index in [1.54, 1.807) is 12.1 Å². The van der Waals surface area contributed by atoms with Crippen molar-refractivity contribution < 1.29 is 14.3 Å². The van der Waals surface area contributed by atoms with E-state index in [0.717, 1.165) is 42.1 Å². The quantitative estimate of drug-likeness (QED) is 0.568. The maximum Gasteiger partial charge on any atom is 0.254 e. The summed E-state index contributed by atoms with van der Waals surface area (Å²) in [6.07, 6.45) is 3.89. The molecule has 1 aromatic heterocycles. The number of benzene rings is 1. The summed E-state index contributed by atoms with van der Waals surface area (Å²) in [5.74, 6) is 0.635. The van der Waals surface area contributed by atoms with Crippen molar-refractivity contribution in [1.82, 2.24) is 15.6 Å². The highest BCUT2D eigenvalue weighted by Gasteiger charge is 2.45. The van der Waals surface area contributed by atoms with Gasteiger partial charge in [0.25, 0.3) is 17.3 Å². The van der Waals surface area contributed by atoms with Crippen molar-refractivity contribution in [3.63, 3.8) is 0 Å². The Morgan fingerprint density at radius 3 is 2.66 bits per heavy atom. The van der Waals surface area contributed by atoms with Gasteiger partial charge in [-0.25, -0.2) is 0 Å². The Morgan fingerprint density at radius 1 is 1.25 bits per heavy atom. The molecule has 9 heteroatoms. The third-order valence-electron chi connectivity index (χ3n) is 6.19. The molecule has 4 rings (SSSR count). The number of hydrogen-bond donors (Lipinski definition) is 3. The van der Waals surface area contributed by atoms with Crippen molar-refractivity contribution in [2.75, 3.05) is 19.3 Å². The molecule has 1 unspecified atom stereocenters. The predicted molar refractivity (Wildman–Crippen MR) is 128 cm³/mol. The Balaban J connectivity index is 0.00000289. The van der Waals surface area contributed by atoms with E-state index in [2.05, 4.69) is 15.6 Å². The first-order valence-electron chi connectivity index (χ1n) is 10.6. The van der Waals surface area contributed by atoms with Crippen LogP contribution in [0.15, 0.2) is 27.9 Å². The third-order valence-corrected chi connectivity index (χ3v) is 6.99. The van der Waals surface area contributed by atoms with Crippen LogP contribution in [0.5, 0.6) is 11.5 Å². The third kappa shape index (κ3) is 4.63. The molecule has 0 spiro atoms. The summed E-state index contributed by atoms with van der Waals surface area (Å²) in [5.41, 5.74) is 2.45. The number of thioether (sulfide) groups is 1. The second-order valence-electron chi connectivity index (χ2n) is 8.32. The highest BCUT2D eigenvalue weighted by Crippen LogP contribution is 2.47. The number of rotatable bonds is 5. The number of nitrogens with one attached hydrogen (secondary N) is 3. The average Bonchev–Trinajstić information content (AvgIpc) is 3.12. The van der Waals surface area contributed by atoms with Gasteiger partial charge in [0.2, 0.25) is 0 Å². The lowest BCUT2D eigenvalue weighted by molar-refractivity contribution is -0.118. The molecule has 0 bridgehead atoms.